The summed E-state index contributed by atoms with van der Waals surface area (Å²) < 4.78 is 8.34. The highest BCUT2D eigenvalue weighted by Crippen LogP contribution is 2.32. The molecule has 178 valence electrons. The molecule has 4 aromatic carbocycles. The Morgan fingerprint density at radius 1 is 0.886 bits per heavy atom. The second kappa shape index (κ2) is 11.5. The predicted octanol–water partition coefficient (Wildman–Crippen LogP) is 7.37. The number of halogens is 2. The van der Waals surface area contributed by atoms with Crippen LogP contribution in [0.2, 0.25) is 10.0 Å². The average Bonchev–Trinajstić information content (AvgIpc) is 2.85. The van der Waals surface area contributed by atoms with E-state index in [0.717, 1.165) is 26.9 Å². The lowest BCUT2D eigenvalue weighted by Crippen LogP contribution is -2.23. The van der Waals surface area contributed by atoms with Crippen molar-refractivity contribution in [1.29, 1.82) is 0 Å². The van der Waals surface area contributed by atoms with Crippen LogP contribution in [0.5, 0.6) is 0 Å². The van der Waals surface area contributed by atoms with Crippen molar-refractivity contribution in [1.82, 2.24) is 5.32 Å². The molecule has 0 saturated carbocycles. The number of nitrogens with one attached hydrogen (secondary N) is 2. The number of fused-ring (bicyclic) bond motifs is 1. The van der Waals surface area contributed by atoms with Crippen LogP contribution in [-0.4, -0.2) is 18.5 Å². The van der Waals surface area contributed by atoms with E-state index in [0.29, 0.717) is 34.3 Å². The predicted molar refractivity (Wildman–Crippen MR) is 143 cm³/mol. The Balaban J connectivity index is 1.47. The van der Waals surface area contributed by atoms with E-state index < -0.39 is 0 Å². The highest BCUT2D eigenvalue weighted by molar-refractivity contribution is 8.00. The van der Waals surface area contributed by atoms with Gasteiger partial charge in [0.2, 0.25) is 0 Å². The molecule has 4 rings (SSSR count). The maximum absolute atomic E-state index is 13.0. The van der Waals surface area contributed by atoms with Gasteiger partial charge >= 0.3 is 5.97 Å². The first-order valence-electron chi connectivity index (χ1n) is 10.9. The maximum Gasteiger partial charge on any atom is 0.338 e. The number of carbonyl (C=O) groups is 2. The van der Waals surface area contributed by atoms with Gasteiger partial charge in [-0.15, -0.1) is 0 Å². The third-order valence-corrected chi connectivity index (χ3v) is 6.43. The number of hydrogen-bond acceptors (Lipinski definition) is 5. The van der Waals surface area contributed by atoms with Gasteiger partial charge in [0.05, 0.1) is 17.9 Å². The number of rotatable bonds is 8. The number of esters is 1. The monoisotopic (exact) mass is 524 g/mol. The van der Waals surface area contributed by atoms with Crippen LogP contribution in [-0.2, 0) is 11.3 Å². The molecule has 1 amide bonds. The lowest BCUT2D eigenvalue weighted by molar-refractivity contribution is 0.0526. The van der Waals surface area contributed by atoms with Gasteiger partial charge in [-0.1, -0.05) is 59.6 Å². The number of carbonyl (C=O) groups excluding carboxylic acids is 2. The third-order valence-electron chi connectivity index (χ3n) is 5.20. The Morgan fingerprint density at radius 2 is 1.57 bits per heavy atom. The van der Waals surface area contributed by atoms with E-state index in [1.807, 2.05) is 42.5 Å². The highest BCUT2D eigenvalue weighted by Gasteiger charge is 2.12. The summed E-state index contributed by atoms with van der Waals surface area (Å²) >= 11 is 13.6. The van der Waals surface area contributed by atoms with Crippen molar-refractivity contribution in [2.24, 2.45) is 0 Å². The van der Waals surface area contributed by atoms with Crippen LogP contribution in [0.3, 0.4) is 0 Å². The van der Waals surface area contributed by atoms with Crippen molar-refractivity contribution in [3.8, 4) is 0 Å². The fraction of sp³-hybridized carbons (Fsp3) is 0.111. The molecule has 0 spiro atoms. The number of benzene rings is 4. The van der Waals surface area contributed by atoms with Gasteiger partial charge in [-0.25, -0.2) is 4.79 Å². The Kier molecular flexibility index (Phi) is 8.18. The zero-order valence-electron chi connectivity index (χ0n) is 18.8. The van der Waals surface area contributed by atoms with Crippen LogP contribution >= 0.6 is 35.1 Å². The molecule has 0 atom stereocenters. The molecule has 8 heteroatoms. The van der Waals surface area contributed by atoms with E-state index in [4.69, 9.17) is 27.9 Å². The highest BCUT2D eigenvalue weighted by atomic mass is 35.5. The van der Waals surface area contributed by atoms with Crippen LogP contribution < -0.4 is 10.0 Å². The summed E-state index contributed by atoms with van der Waals surface area (Å²) in [5.74, 6) is -0.545. The summed E-state index contributed by atoms with van der Waals surface area (Å²) in [6, 6.07) is 23.7. The molecule has 0 aliphatic carbocycles. The number of anilines is 1. The Bertz CT molecular complexity index is 1360. The fourth-order valence-electron chi connectivity index (χ4n) is 3.55. The summed E-state index contributed by atoms with van der Waals surface area (Å²) in [6.45, 7) is 2.43. The first-order valence-corrected chi connectivity index (χ1v) is 12.5. The molecular weight excluding hydrogens is 503 g/mol. The van der Waals surface area contributed by atoms with Crippen LogP contribution in [0.4, 0.5) is 5.69 Å². The van der Waals surface area contributed by atoms with E-state index in [2.05, 4.69) is 10.0 Å². The van der Waals surface area contributed by atoms with Crippen molar-refractivity contribution in [3.63, 3.8) is 0 Å². The summed E-state index contributed by atoms with van der Waals surface area (Å²) in [6.07, 6.45) is 0. The van der Waals surface area contributed by atoms with Crippen LogP contribution in [0.25, 0.3) is 10.8 Å². The van der Waals surface area contributed by atoms with E-state index >= 15 is 0 Å². The first kappa shape index (κ1) is 24.9. The van der Waals surface area contributed by atoms with Gasteiger partial charge in [-0.3, -0.25) is 4.79 Å². The minimum absolute atomic E-state index is 0.184. The topological polar surface area (TPSA) is 67.4 Å². The molecule has 5 nitrogen and oxygen atoms in total. The zero-order chi connectivity index (χ0) is 24.8. The van der Waals surface area contributed by atoms with Gasteiger partial charge in [0, 0.05) is 32.4 Å². The summed E-state index contributed by atoms with van der Waals surface area (Å²) in [5, 5.41) is 5.84. The SMILES string of the molecule is CCOC(=O)c1ccc(CNC(=O)c2cccc3c(NSc4cc(Cl)cc(Cl)c4)cccc23)cc1. The molecule has 0 fully saturated rings. The third kappa shape index (κ3) is 6.28. The maximum atomic E-state index is 13.0. The second-order valence-corrected chi connectivity index (χ2v) is 9.37. The molecule has 0 radical (unpaired) electrons. The van der Waals surface area contributed by atoms with Crippen molar-refractivity contribution in [3.05, 3.63) is 106 Å². The average molecular weight is 525 g/mol. The molecule has 0 unspecified atom stereocenters. The molecule has 0 heterocycles. The summed E-state index contributed by atoms with van der Waals surface area (Å²) in [7, 11) is 0. The van der Waals surface area contributed by atoms with Gasteiger partial charge in [0.1, 0.15) is 0 Å². The number of amides is 1. The van der Waals surface area contributed by atoms with Gasteiger partial charge in [0.15, 0.2) is 0 Å². The van der Waals surface area contributed by atoms with E-state index in [1.54, 1.807) is 43.3 Å². The summed E-state index contributed by atoms with van der Waals surface area (Å²) in [4.78, 5) is 25.7. The standard InChI is InChI=1S/C27H22Cl2N2O3S/c1-2-34-27(33)18-11-9-17(10-12-18)16-30-26(32)24-7-3-6-23-22(24)5-4-8-25(23)31-35-21-14-19(28)13-20(29)15-21/h3-15,31H,2,16H2,1H3,(H,30,32). The fourth-order valence-corrected chi connectivity index (χ4v) is 4.98. The molecule has 35 heavy (non-hydrogen) atoms. The minimum Gasteiger partial charge on any atom is -0.462 e. The lowest BCUT2D eigenvalue weighted by Gasteiger charge is -2.13. The molecule has 0 saturated heterocycles. The zero-order valence-corrected chi connectivity index (χ0v) is 21.1. The van der Waals surface area contributed by atoms with Crippen LogP contribution in [0.15, 0.2) is 83.8 Å². The molecule has 2 N–H and O–H groups in total. The molecule has 0 aliphatic heterocycles. The first-order chi connectivity index (χ1) is 16.9. The van der Waals surface area contributed by atoms with Crippen LogP contribution in [0.1, 0.15) is 33.2 Å². The molecule has 0 aromatic heterocycles. The van der Waals surface area contributed by atoms with E-state index in [-0.39, 0.29) is 11.9 Å². The Morgan fingerprint density at radius 3 is 2.29 bits per heavy atom. The normalized spacial score (nSPS) is 10.7. The van der Waals surface area contributed by atoms with E-state index in [9.17, 15) is 9.59 Å². The van der Waals surface area contributed by atoms with Gasteiger partial charge in [-0.05, 0) is 72.3 Å². The second-order valence-electron chi connectivity index (χ2n) is 7.62. The van der Waals surface area contributed by atoms with Gasteiger partial charge < -0.3 is 14.8 Å². The van der Waals surface area contributed by atoms with Crippen LogP contribution in [0, 0.1) is 0 Å². The van der Waals surface area contributed by atoms with Crippen molar-refractivity contribution < 1.29 is 14.3 Å². The smallest absolute Gasteiger partial charge is 0.338 e. The lowest BCUT2D eigenvalue weighted by atomic mass is 10.0. The Labute approximate surface area is 217 Å². The molecule has 4 aromatic rings. The van der Waals surface area contributed by atoms with Crippen molar-refractivity contribution in [2.45, 2.75) is 18.4 Å². The molecule has 0 aliphatic rings. The number of ether oxygens (including phenoxy) is 1. The largest absolute Gasteiger partial charge is 0.462 e. The van der Waals surface area contributed by atoms with Gasteiger partial charge in [-0.2, -0.15) is 0 Å². The van der Waals surface area contributed by atoms with Crippen molar-refractivity contribution >= 4 is 63.5 Å². The minimum atomic E-state index is -0.361. The van der Waals surface area contributed by atoms with E-state index in [1.165, 1.54) is 11.9 Å². The number of hydrogen-bond donors (Lipinski definition) is 2. The van der Waals surface area contributed by atoms with Gasteiger partial charge in [0.25, 0.3) is 5.91 Å². The molecular formula is C27H22Cl2N2O3S. The van der Waals surface area contributed by atoms with Crippen molar-refractivity contribution in [2.75, 3.05) is 11.3 Å². The summed E-state index contributed by atoms with van der Waals surface area (Å²) in [5.41, 5.74) is 2.80. The molecule has 0 bridgehead atoms. The quantitative estimate of drug-likeness (QED) is 0.186. The Hall–Kier alpha value is -3.19.